The Kier molecular flexibility index (Phi) is 4.81. The van der Waals surface area contributed by atoms with Crippen molar-refractivity contribution in [2.45, 2.75) is 26.2 Å². The van der Waals surface area contributed by atoms with E-state index in [-0.39, 0.29) is 12.1 Å². The van der Waals surface area contributed by atoms with Crippen molar-refractivity contribution in [3.63, 3.8) is 0 Å². The number of amides is 1. The monoisotopic (exact) mass is 414 g/mol. The van der Waals surface area contributed by atoms with Gasteiger partial charge >= 0.3 is 6.18 Å². The molecule has 1 amide bonds. The fraction of sp³-hybridized carbons (Fsp3) is 0.190. The molecule has 0 aliphatic carbocycles. The summed E-state index contributed by atoms with van der Waals surface area (Å²) in [5.74, 6) is -0.454. The van der Waals surface area contributed by atoms with Crippen molar-refractivity contribution >= 4 is 22.5 Å². The number of rotatable bonds is 4. The van der Waals surface area contributed by atoms with Gasteiger partial charge in [0.2, 0.25) is 0 Å². The number of carbonyl (C=O) groups is 1. The van der Waals surface area contributed by atoms with E-state index in [1.807, 2.05) is 6.92 Å². The zero-order valence-electron chi connectivity index (χ0n) is 15.9. The standard InChI is InChI=1S/C21H17F3N4O2/c1-2-27-18-11-14(6-7-16(18)28-17(20(27)30)8-9-26-28)19(29)25-12-13-4-3-5-15(10-13)21(22,23)24/h3-11H,2,12H2,1H3,(H,25,29). The van der Waals surface area contributed by atoms with Crippen LogP contribution in [0.3, 0.4) is 0 Å². The zero-order chi connectivity index (χ0) is 21.5. The summed E-state index contributed by atoms with van der Waals surface area (Å²) >= 11 is 0. The van der Waals surface area contributed by atoms with Crippen LogP contribution in [0.15, 0.2) is 59.5 Å². The van der Waals surface area contributed by atoms with Gasteiger partial charge in [0.05, 0.1) is 22.8 Å². The van der Waals surface area contributed by atoms with E-state index in [1.165, 1.54) is 22.8 Å². The largest absolute Gasteiger partial charge is 0.416 e. The molecule has 0 aliphatic heterocycles. The number of nitrogens with zero attached hydrogens (tertiary/aromatic N) is 3. The normalized spacial score (nSPS) is 11.9. The summed E-state index contributed by atoms with van der Waals surface area (Å²) in [6.45, 7) is 2.18. The molecule has 0 aliphatic rings. The molecule has 154 valence electrons. The van der Waals surface area contributed by atoms with Crippen LogP contribution in [0.25, 0.3) is 16.6 Å². The second kappa shape index (κ2) is 7.33. The zero-order valence-corrected chi connectivity index (χ0v) is 15.9. The summed E-state index contributed by atoms with van der Waals surface area (Å²) in [5, 5.41) is 6.80. The number of halogens is 3. The van der Waals surface area contributed by atoms with Gasteiger partial charge in [-0.1, -0.05) is 12.1 Å². The molecule has 30 heavy (non-hydrogen) atoms. The Morgan fingerprint density at radius 1 is 1.07 bits per heavy atom. The van der Waals surface area contributed by atoms with Gasteiger partial charge in [0.15, 0.2) is 0 Å². The second-order valence-electron chi connectivity index (χ2n) is 6.76. The van der Waals surface area contributed by atoms with Crippen LogP contribution in [-0.4, -0.2) is 20.1 Å². The Labute approximate surface area is 168 Å². The summed E-state index contributed by atoms with van der Waals surface area (Å²) in [7, 11) is 0. The number of alkyl halides is 3. The first kappa shape index (κ1) is 19.7. The highest BCUT2D eigenvalue weighted by Gasteiger charge is 2.30. The van der Waals surface area contributed by atoms with E-state index < -0.39 is 17.6 Å². The van der Waals surface area contributed by atoms with Crippen molar-refractivity contribution in [1.82, 2.24) is 19.5 Å². The van der Waals surface area contributed by atoms with E-state index in [1.54, 1.807) is 28.8 Å². The molecule has 0 radical (unpaired) electrons. The molecule has 2 aromatic heterocycles. The molecular formula is C21H17F3N4O2. The van der Waals surface area contributed by atoms with Gasteiger partial charge in [-0.05, 0) is 48.9 Å². The SMILES string of the molecule is CCn1c(=O)c2ccnn2c2ccc(C(=O)NCc3cccc(C(F)(F)F)c3)cc21. The molecule has 1 N–H and O–H groups in total. The van der Waals surface area contributed by atoms with Gasteiger partial charge in [0.1, 0.15) is 5.52 Å². The van der Waals surface area contributed by atoms with E-state index in [2.05, 4.69) is 10.4 Å². The Bertz CT molecular complexity index is 1320. The molecular weight excluding hydrogens is 397 g/mol. The minimum atomic E-state index is -4.44. The highest BCUT2D eigenvalue weighted by atomic mass is 19.4. The first-order valence-electron chi connectivity index (χ1n) is 9.24. The lowest BCUT2D eigenvalue weighted by Gasteiger charge is -2.12. The van der Waals surface area contributed by atoms with Crippen LogP contribution >= 0.6 is 0 Å². The van der Waals surface area contributed by atoms with Crippen molar-refractivity contribution in [2.24, 2.45) is 0 Å². The Hall–Kier alpha value is -3.62. The van der Waals surface area contributed by atoms with Crippen LogP contribution in [0.1, 0.15) is 28.4 Å². The molecule has 4 aromatic rings. The minimum absolute atomic E-state index is 0.0560. The van der Waals surface area contributed by atoms with Crippen LogP contribution < -0.4 is 10.9 Å². The lowest BCUT2D eigenvalue weighted by molar-refractivity contribution is -0.137. The lowest BCUT2D eigenvalue weighted by atomic mass is 10.1. The van der Waals surface area contributed by atoms with Crippen LogP contribution in [0.2, 0.25) is 0 Å². The van der Waals surface area contributed by atoms with Gasteiger partial charge in [-0.15, -0.1) is 0 Å². The number of benzene rings is 2. The van der Waals surface area contributed by atoms with Gasteiger partial charge in [-0.25, -0.2) is 4.52 Å². The number of aryl methyl sites for hydroxylation is 1. The van der Waals surface area contributed by atoms with E-state index in [4.69, 9.17) is 0 Å². The van der Waals surface area contributed by atoms with Crippen molar-refractivity contribution < 1.29 is 18.0 Å². The number of aromatic nitrogens is 3. The predicted molar refractivity (Wildman–Crippen MR) is 105 cm³/mol. The van der Waals surface area contributed by atoms with Crippen molar-refractivity contribution in [1.29, 1.82) is 0 Å². The van der Waals surface area contributed by atoms with Crippen molar-refractivity contribution in [2.75, 3.05) is 0 Å². The second-order valence-corrected chi connectivity index (χ2v) is 6.76. The maximum atomic E-state index is 12.8. The fourth-order valence-corrected chi connectivity index (χ4v) is 3.42. The van der Waals surface area contributed by atoms with Crippen LogP contribution in [-0.2, 0) is 19.3 Å². The summed E-state index contributed by atoms with van der Waals surface area (Å²) in [4.78, 5) is 25.2. The molecule has 2 aromatic carbocycles. The smallest absolute Gasteiger partial charge is 0.348 e. The van der Waals surface area contributed by atoms with Gasteiger partial charge < -0.3 is 9.88 Å². The average molecular weight is 414 g/mol. The summed E-state index contributed by atoms with van der Waals surface area (Å²) in [6, 6.07) is 11.3. The Morgan fingerprint density at radius 2 is 1.87 bits per heavy atom. The van der Waals surface area contributed by atoms with Gasteiger partial charge in [-0.3, -0.25) is 9.59 Å². The summed E-state index contributed by atoms with van der Waals surface area (Å²) in [5.41, 5.74) is 1.30. The van der Waals surface area contributed by atoms with E-state index >= 15 is 0 Å². The van der Waals surface area contributed by atoms with Gasteiger partial charge in [0, 0.05) is 18.7 Å². The third kappa shape index (κ3) is 3.42. The third-order valence-corrected chi connectivity index (χ3v) is 4.89. The molecule has 0 bridgehead atoms. The van der Waals surface area contributed by atoms with Crippen LogP contribution in [0.5, 0.6) is 0 Å². The number of hydrogen-bond acceptors (Lipinski definition) is 3. The first-order valence-corrected chi connectivity index (χ1v) is 9.24. The van der Waals surface area contributed by atoms with E-state index in [0.717, 1.165) is 12.1 Å². The molecule has 0 saturated heterocycles. The topological polar surface area (TPSA) is 68.4 Å². The number of nitrogens with one attached hydrogen (secondary N) is 1. The molecule has 0 atom stereocenters. The first-order chi connectivity index (χ1) is 14.3. The molecule has 0 spiro atoms. The minimum Gasteiger partial charge on any atom is -0.348 e. The maximum Gasteiger partial charge on any atom is 0.416 e. The molecule has 6 nitrogen and oxygen atoms in total. The molecule has 9 heteroatoms. The van der Waals surface area contributed by atoms with Crippen molar-refractivity contribution in [3.8, 4) is 0 Å². The summed E-state index contributed by atoms with van der Waals surface area (Å²) in [6.07, 6.45) is -2.91. The van der Waals surface area contributed by atoms with Gasteiger partial charge in [-0.2, -0.15) is 18.3 Å². The van der Waals surface area contributed by atoms with Crippen molar-refractivity contribution in [3.05, 3.63) is 81.8 Å². The number of carbonyl (C=O) groups excluding carboxylic acids is 1. The third-order valence-electron chi connectivity index (χ3n) is 4.89. The van der Waals surface area contributed by atoms with Gasteiger partial charge in [0.25, 0.3) is 11.5 Å². The lowest BCUT2D eigenvalue weighted by Crippen LogP contribution is -2.25. The van der Waals surface area contributed by atoms with E-state index in [0.29, 0.717) is 34.2 Å². The number of hydrogen-bond donors (Lipinski definition) is 1. The molecule has 2 heterocycles. The average Bonchev–Trinajstić information content (AvgIpc) is 3.22. The Balaban J connectivity index is 1.64. The fourth-order valence-electron chi connectivity index (χ4n) is 3.42. The van der Waals surface area contributed by atoms with Crippen LogP contribution in [0, 0.1) is 0 Å². The molecule has 0 unspecified atom stereocenters. The van der Waals surface area contributed by atoms with E-state index in [9.17, 15) is 22.8 Å². The quantitative estimate of drug-likeness (QED) is 0.555. The predicted octanol–water partition coefficient (Wildman–Crippen LogP) is 3.62. The Morgan fingerprint density at radius 3 is 2.60 bits per heavy atom. The highest BCUT2D eigenvalue weighted by Crippen LogP contribution is 2.29. The van der Waals surface area contributed by atoms with Crippen LogP contribution in [0.4, 0.5) is 13.2 Å². The number of fused-ring (bicyclic) bond motifs is 3. The maximum absolute atomic E-state index is 12.8. The molecule has 0 fully saturated rings. The molecule has 0 saturated carbocycles. The highest BCUT2D eigenvalue weighted by molar-refractivity contribution is 5.97. The summed E-state index contributed by atoms with van der Waals surface area (Å²) < 4.78 is 41.6. The molecule has 4 rings (SSSR count).